The molecule has 7 heteroatoms. The van der Waals surface area contributed by atoms with E-state index in [0.29, 0.717) is 32.7 Å². The summed E-state index contributed by atoms with van der Waals surface area (Å²) < 4.78 is 0. The number of rotatable bonds is 5. The van der Waals surface area contributed by atoms with Crippen LogP contribution in [0.1, 0.15) is 51.4 Å². The summed E-state index contributed by atoms with van der Waals surface area (Å²) in [4.78, 5) is 33.8. The molecule has 0 saturated carbocycles. The molecule has 1 N–H and O–H groups in total. The lowest BCUT2D eigenvalue weighted by molar-refractivity contribution is 0.0669. The van der Waals surface area contributed by atoms with E-state index < -0.39 is 0 Å². The minimum Gasteiger partial charge on any atom is -0.334 e. The Morgan fingerprint density at radius 3 is 2.19 bits per heavy atom. The Morgan fingerprint density at radius 2 is 1.50 bits per heavy atom. The van der Waals surface area contributed by atoms with E-state index in [1.165, 1.54) is 36.1 Å². The summed E-state index contributed by atoms with van der Waals surface area (Å²) in [5, 5.41) is 2.99. The van der Waals surface area contributed by atoms with Crippen molar-refractivity contribution in [2.75, 3.05) is 39.3 Å². The second kappa shape index (κ2) is 11.0. The van der Waals surface area contributed by atoms with Crippen molar-refractivity contribution < 1.29 is 9.59 Å². The van der Waals surface area contributed by atoms with E-state index in [1.54, 1.807) is 16.2 Å². The van der Waals surface area contributed by atoms with Crippen molar-refractivity contribution in [2.24, 2.45) is 0 Å². The van der Waals surface area contributed by atoms with E-state index >= 15 is 0 Å². The Kier molecular flexibility index (Phi) is 7.81. The standard InChI is InChI=1S/C25H34N4O2S/c1-20-6-8-21(9-7-20)18-26-25(31)29-16-14-28(15-17-29)24(30)23-11-10-22(32-23)19-27-12-4-2-3-5-13-27/h6-11H,2-5,12-19H2,1H3,(H,26,31). The van der Waals surface area contributed by atoms with Crippen LogP contribution in [-0.2, 0) is 13.1 Å². The van der Waals surface area contributed by atoms with Crippen molar-refractivity contribution in [2.45, 2.75) is 45.7 Å². The number of hydrogen-bond donors (Lipinski definition) is 1. The molecule has 4 rings (SSSR count). The molecule has 0 unspecified atom stereocenters. The first-order valence-electron chi connectivity index (χ1n) is 11.8. The van der Waals surface area contributed by atoms with Crippen LogP contribution in [0.25, 0.3) is 0 Å². The number of piperazine rings is 1. The average Bonchev–Trinajstić information content (AvgIpc) is 3.13. The number of likely N-dealkylation sites (tertiary alicyclic amines) is 1. The maximum atomic E-state index is 13.0. The second-order valence-electron chi connectivity index (χ2n) is 8.88. The van der Waals surface area contributed by atoms with Gasteiger partial charge in [0, 0.05) is 44.1 Å². The molecule has 0 radical (unpaired) electrons. The lowest BCUT2D eigenvalue weighted by Gasteiger charge is -2.34. The van der Waals surface area contributed by atoms with Crippen LogP contribution in [0.4, 0.5) is 4.79 Å². The maximum absolute atomic E-state index is 13.0. The highest BCUT2D eigenvalue weighted by atomic mass is 32.1. The molecule has 2 fully saturated rings. The van der Waals surface area contributed by atoms with Crippen LogP contribution >= 0.6 is 11.3 Å². The summed E-state index contributed by atoms with van der Waals surface area (Å²) in [6.45, 7) is 8.14. The normalized spacial score (nSPS) is 17.8. The number of amides is 3. The Hall–Kier alpha value is -2.38. The largest absolute Gasteiger partial charge is 0.334 e. The molecule has 0 aliphatic carbocycles. The van der Waals surface area contributed by atoms with Gasteiger partial charge in [0.2, 0.25) is 0 Å². The number of benzene rings is 1. The van der Waals surface area contributed by atoms with Gasteiger partial charge in [0.05, 0.1) is 4.88 Å². The van der Waals surface area contributed by atoms with Gasteiger partial charge in [-0.15, -0.1) is 11.3 Å². The molecule has 32 heavy (non-hydrogen) atoms. The predicted octanol–water partition coefficient (Wildman–Crippen LogP) is 4.10. The van der Waals surface area contributed by atoms with Crippen LogP contribution < -0.4 is 5.32 Å². The SMILES string of the molecule is Cc1ccc(CNC(=O)N2CCN(C(=O)c3ccc(CN4CCCCCC4)s3)CC2)cc1. The van der Waals surface area contributed by atoms with Crippen molar-refractivity contribution in [3.05, 3.63) is 57.3 Å². The third kappa shape index (κ3) is 6.11. The smallest absolute Gasteiger partial charge is 0.317 e. The lowest BCUT2D eigenvalue weighted by atomic mass is 10.1. The molecule has 172 valence electrons. The summed E-state index contributed by atoms with van der Waals surface area (Å²) in [7, 11) is 0. The zero-order valence-electron chi connectivity index (χ0n) is 19.0. The van der Waals surface area contributed by atoms with Crippen LogP contribution in [0.2, 0.25) is 0 Å². The van der Waals surface area contributed by atoms with Crippen molar-refractivity contribution in [3.8, 4) is 0 Å². The van der Waals surface area contributed by atoms with E-state index in [-0.39, 0.29) is 11.9 Å². The Morgan fingerprint density at radius 1 is 0.844 bits per heavy atom. The fraction of sp³-hybridized carbons (Fsp3) is 0.520. The van der Waals surface area contributed by atoms with E-state index in [9.17, 15) is 9.59 Å². The number of hydrogen-bond acceptors (Lipinski definition) is 4. The van der Waals surface area contributed by atoms with E-state index in [2.05, 4.69) is 35.3 Å². The third-order valence-corrected chi connectivity index (χ3v) is 7.43. The maximum Gasteiger partial charge on any atom is 0.317 e. The topological polar surface area (TPSA) is 55.9 Å². The van der Waals surface area contributed by atoms with Crippen molar-refractivity contribution >= 4 is 23.3 Å². The van der Waals surface area contributed by atoms with Crippen molar-refractivity contribution in [1.29, 1.82) is 0 Å². The monoisotopic (exact) mass is 454 g/mol. The second-order valence-corrected chi connectivity index (χ2v) is 10.0. The fourth-order valence-corrected chi connectivity index (χ4v) is 5.37. The Bertz CT molecular complexity index is 895. The summed E-state index contributed by atoms with van der Waals surface area (Å²) in [6.07, 6.45) is 5.22. The van der Waals surface area contributed by atoms with E-state index in [0.717, 1.165) is 30.1 Å². The summed E-state index contributed by atoms with van der Waals surface area (Å²) in [5.74, 6) is 0.0943. The summed E-state index contributed by atoms with van der Waals surface area (Å²) in [6, 6.07) is 12.2. The highest BCUT2D eigenvalue weighted by molar-refractivity contribution is 7.14. The van der Waals surface area contributed by atoms with Gasteiger partial charge in [-0.1, -0.05) is 42.7 Å². The molecular weight excluding hydrogens is 420 g/mol. The molecule has 1 aromatic carbocycles. The highest BCUT2D eigenvalue weighted by Gasteiger charge is 2.25. The Labute approximate surface area is 195 Å². The van der Waals surface area contributed by atoms with Gasteiger partial charge < -0.3 is 15.1 Å². The summed E-state index contributed by atoms with van der Waals surface area (Å²) >= 11 is 1.62. The lowest BCUT2D eigenvalue weighted by Crippen LogP contribution is -2.53. The summed E-state index contributed by atoms with van der Waals surface area (Å²) in [5.41, 5.74) is 2.30. The molecule has 0 atom stereocenters. The first-order valence-corrected chi connectivity index (χ1v) is 12.6. The molecule has 0 spiro atoms. The molecule has 2 saturated heterocycles. The quantitative estimate of drug-likeness (QED) is 0.740. The van der Waals surface area contributed by atoms with Gasteiger partial charge in [0.1, 0.15) is 0 Å². The molecule has 6 nitrogen and oxygen atoms in total. The third-order valence-electron chi connectivity index (χ3n) is 6.37. The predicted molar refractivity (Wildman–Crippen MR) is 129 cm³/mol. The highest BCUT2D eigenvalue weighted by Crippen LogP contribution is 2.22. The molecule has 1 aromatic heterocycles. The zero-order valence-corrected chi connectivity index (χ0v) is 19.8. The number of aryl methyl sites for hydroxylation is 1. The van der Waals surface area contributed by atoms with E-state index in [4.69, 9.17) is 0 Å². The minimum absolute atomic E-state index is 0.0615. The van der Waals surface area contributed by atoms with E-state index in [1.807, 2.05) is 23.1 Å². The molecule has 2 aliphatic heterocycles. The van der Waals surface area contributed by atoms with Crippen molar-refractivity contribution in [1.82, 2.24) is 20.0 Å². The number of urea groups is 1. The van der Waals surface area contributed by atoms with Crippen LogP contribution in [0.15, 0.2) is 36.4 Å². The van der Waals surface area contributed by atoms with Crippen LogP contribution in [0.3, 0.4) is 0 Å². The fourth-order valence-electron chi connectivity index (χ4n) is 4.36. The number of carbonyl (C=O) groups is 2. The number of nitrogens with zero attached hydrogens (tertiary/aromatic N) is 3. The average molecular weight is 455 g/mol. The van der Waals surface area contributed by atoms with Gasteiger partial charge in [-0.25, -0.2) is 4.79 Å². The molecular formula is C25H34N4O2S. The van der Waals surface area contributed by atoms with Crippen LogP contribution in [-0.4, -0.2) is 65.9 Å². The number of thiophene rings is 1. The van der Waals surface area contributed by atoms with Gasteiger partial charge in [0.15, 0.2) is 0 Å². The van der Waals surface area contributed by atoms with Crippen LogP contribution in [0.5, 0.6) is 0 Å². The van der Waals surface area contributed by atoms with Gasteiger partial charge in [-0.2, -0.15) is 0 Å². The molecule has 3 heterocycles. The Balaban J connectivity index is 1.23. The van der Waals surface area contributed by atoms with Gasteiger partial charge in [-0.05, 0) is 50.6 Å². The molecule has 2 aliphatic rings. The molecule has 3 amide bonds. The number of nitrogens with one attached hydrogen (secondary N) is 1. The molecule has 2 aromatic rings. The first-order chi connectivity index (χ1) is 15.6. The number of carbonyl (C=O) groups excluding carboxylic acids is 2. The van der Waals surface area contributed by atoms with Crippen molar-refractivity contribution in [3.63, 3.8) is 0 Å². The molecule has 0 bridgehead atoms. The van der Waals surface area contributed by atoms with Crippen LogP contribution in [0, 0.1) is 6.92 Å². The zero-order chi connectivity index (χ0) is 22.3. The minimum atomic E-state index is -0.0615. The van der Waals surface area contributed by atoms with Gasteiger partial charge >= 0.3 is 6.03 Å². The van der Waals surface area contributed by atoms with Gasteiger partial charge in [0.25, 0.3) is 5.91 Å². The van der Waals surface area contributed by atoms with Gasteiger partial charge in [-0.3, -0.25) is 9.69 Å². The first kappa shape index (κ1) is 22.8.